The molecule has 0 bridgehead atoms. The fourth-order valence-electron chi connectivity index (χ4n) is 2.64. The van der Waals surface area contributed by atoms with Crippen molar-refractivity contribution in [2.24, 2.45) is 13.0 Å². The third kappa shape index (κ3) is 3.06. The molecule has 7 heteroatoms. The molecule has 2 amide bonds. The maximum Gasteiger partial charge on any atom is 0.246 e. The predicted octanol–water partition coefficient (Wildman–Crippen LogP) is 0.467. The van der Waals surface area contributed by atoms with E-state index in [0.717, 1.165) is 6.42 Å². The van der Waals surface area contributed by atoms with E-state index in [0.29, 0.717) is 18.7 Å². The summed E-state index contributed by atoms with van der Waals surface area (Å²) in [5, 5.41) is 10.8. The highest BCUT2D eigenvalue weighted by atomic mass is 16.2. The number of hydrogen-bond donors (Lipinski definition) is 1. The second-order valence-electron chi connectivity index (χ2n) is 5.65. The molecule has 0 aliphatic carbocycles. The van der Waals surface area contributed by atoms with Gasteiger partial charge in [0.05, 0.1) is 6.54 Å². The van der Waals surface area contributed by atoms with E-state index in [1.165, 1.54) is 0 Å². The van der Waals surface area contributed by atoms with Gasteiger partial charge in [-0.15, -0.1) is 5.10 Å². The quantitative estimate of drug-likeness (QED) is 0.855. The van der Waals surface area contributed by atoms with E-state index in [1.54, 1.807) is 22.8 Å². The summed E-state index contributed by atoms with van der Waals surface area (Å²) in [6.45, 7) is 6.23. The second kappa shape index (κ2) is 6.24. The number of aromatic nitrogens is 3. The highest BCUT2D eigenvalue weighted by molar-refractivity contribution is 5.97. The summed E-state index contributed by atoms with van der Waals surface area (Å²) in [6, 6.07) is -0.873. The van der Waals surface area contributed by atoms with Gasteiger partial charge in [-0.25, -0.2) is 0 Å². The van der Waals surface area contributed by atoms with Crippen molar-refractivity contribution in [3.05, 3.63) is 11.9 Å². The standard InChI is InChI=1S/C14H23N5O2/c1-5-9(3)12-14(21)19(11(6-2)13(20)15-12)8-10-7-18(4)17-16-10/h7,9,11-12H,5-6,8H2,1-4H3,(H,15,20). The summed E-state index contributed by atoms with van der Waals surface area (Å²) < 4.78 is 1.59. The number of nitrogens with zero attached hydrogens (tertiary/aromatic N) is 4. The number of nitrogens with one attached hydrogen (secondary N) is 1. The van der Waals surface area contributed by atoms with Crippen LogP contribution in [0.4, 0.5) is 0 Å². The number of hydrogen-bond acceptors (Lipinski definition) is 4. The van der Waals surface area contributed by atoms with Gasteiger partial charge >= 0.3 is 0 Å². The van der Waals surface area contributed by atoms with Gasteiger partial charge in [0.2, 0.25) is 11.8 Å². The molecule has 3 unspecified atom stereocenters. The van der Waals surface area contributed by atoms with Crippen molar-refractivity contribution >= 4 is 11.8 Å². The predicted molar refractivity (Wildman–Crippen MR) is 77.0 cm³/mol. The number of carbonyl (C=O) groups is 2. The lowest BCUT2D eigenvalue weighted by atomic mass is 9.93. The molecule has 21 heavy (non-hydrogen) atoms. The van der Waals surface area contributed by atoms with E-state index in [4.69, 9.17) is 0 Å². The molecule has 1 aliphatic heterocycles. The van der Waals surface area contributed by atoms with Crippen LogP contribution in [-0.2, 0) is 23.2 Å². The van der Waals surface area contributed by atoms with Crippen molar-refractivity contribution in [2.45, 2.75) is 52.2 Å². The third-order valence-corrected chi connectivity index (χ3v) is 4.11. The lowest BCUT2D eigenvalue weighted by Crippen LogP contribution is -2.64. The van der Waals surface area contributed by atoms with Crippen molar-refractivity contribution < 1.29 is 9.59 Å². The fraction of sp³-hybridized carbons (Fsp3) is 0.714. The van der Waals surface area contributed by atoms with Crippen LogP contribution in [0.15, 0.2) is 6.20 Å². The first-order chi connectivity index (χ1) is 9.97. The highest BCUT2D eigenvalue weighted by Gasteiger charge is 2.41. The van der Waals surface area contributed by atoms with Crippen LogP contribution in [0.3, 0.4) is 0 Å². The topological polar surface area (TPSA) is 80.1 Å². The van der Waals surface area contributed by atoms with Gasteiger partial charge in [0.25, 0.3) is 0 Å². The Balaban J connectivity index is 2.24. The Morgan fingerprint density at radius 1 is 1.38 bits per heavy atom. The molecule has 2 heterocycles. The summed E-state index contributed by atoms with van der Waals surface area (Å²) in [7, 11) is 1.78. The molecular formula is C14H23N5O2. The minimum atomic E-state index is -0.443. The molecule has 0 spiro atoms. The van der Waals surface area contributed by atoms with Gasteiger partial charge in [0.1, 0.15) is 17.8 Å². The van der Waals surface area contributed by atoms with E-state index in [-0.39, 0.29) is 17.7 Å². The van der Waals surface area contributed by atoms with Gasteiger partial charge < -0.3 is 10.2 Å². The zero-order chi connectivity index (χ0) is 15.6. The minimum Gasteiger partial charge on any atom is -0.342 e. The maximum atomic E-state index is 12.7. The Kier molecular flexibility index (Phi) is 4.59. The normalized spacial score (nSPS) is 24.1. The van der Waals surface area contributed by atoms with E-state index >= 15 is 0 Å². The van der Waals surface area contributed by atoms with E-state index in [9.17, 15) is 9.59 Å². The average Bonchev–Trinajstić information content (AvgIpc) is 2.87. The molecule has 1 saturated heterocycles. The first-order valence-electron chi connectivity index (χ1n) is 7.43. The third-order valence-electron chi connectivity index (χ3n) is 4.11. The first-order valence-corrected chi connectivity index (χ1v) is 7.43. The van der Waals surface area contributed by atoms with Crippen LogP contribution in [0.2, 0.25) is 0 Å². The van der Waals surface area contributed by atoms with Crippen LogP contribution in [-0.4, -0.2) is 43.8 Å². The molecule has 0 saturated carbocycles. The molecule has 1 fully saturated rings. The summed E-state index contributed by atoms with van der Waals surface area (Å²) in [5.41, 5.74) is 0.696. The highest BCUT2D eigenvalue weighted by Crippen LogP contribution is 2.21. The zero-order valence-electron chi connectivity index (χ0n) is 13.0. The lowest BCUT2D eigenvalue weighted by molar-refractivity contribution is -0.151. The van der Waals surface area contributed by atoms with Gasteiger partial charge in [0.15, 0.2) is 0 Å². The number of carbonyl (C=O) groups excluding carboxylic acids is 2. The van der Waals surface area contributed by atoms with Crippen LogP contribution < -0.4 is 5.32 Å². The SMILES string of the molecule is CCC(C)C1NC(=O)C(CC)N(Cc2cn(C)nn2)C1=O. The second-order valence-corrected chi connectivity index (χ2v) is 5.65. The van der Waals surface area contributed by atoms with E-state index in [2.05, 4.69) is 15.6 Å². The molecule has 1 aromatic heterocycles. The Morgan fingerprint density at radius 3 is 2.62 bits per heavy atom. The Morgan fingerprint density at radius 2 is 2.10 bits per heavy atom. The smallest absolute Gasteiger partial charge is 0.246 e. The molecule has 1 aliphatic rings. The van der Waals surface area contributed by atoms with Gasteiger partial charge in [-0.05, 0) is 12.3 Å². The molecular weight excluding hydrogens is 270 g/mol. The number of aryl methyl sites for hydroxylation is 1. The molecule has 7 nitrogen and oxygen atoms in total. The number of amides is 2. The van der Waals surface area contributed by atoms with E-state index in [1.807, 2.05) is 20.8 Å². The van der Waals surface area contributed by atoms with Gasteiger partial charge in [-0.2, -0.15) is 0 Å². The van der Waals surface area contributed by atoms with Gasteiger partial charge in [-0.1, -0.05) is 32.4 Å². The van der Waals surface area contributed by atoms with Crippen LogP contribution in [0.25, 0.3) is 0 Å². The lowest BCUT2D eigenvalue weighted by Gasteiger charge is -2.40. The van der Waals surface area contributed by atoms with Crippen LogP contribution >= 0.6 is 0 Å². The maximum absolute atomic E-state index is 12.7. The monoisotopic (exact) mass is 293 g/mol. The summed E-state index contributed by atoms with van der Waals surface area (Å²) >= 11 is 0. The average molecular weight is 293 g/mol. The largest absolute Gasteiger partial charge is 0.342 e. The van der Waals surface area contributed by atoms with Crippen molar-refractivity contribution in [1.29, 1.82) is 0 Å². The van der Waals surface area contributed by atoms with Crippen LogP contribution in [0, 0.1) is 5.92 Å². The number of rotatable bonds is 5. The molecule has 1 N–H and O–H groups in total. The van der Waals surface area contributed by atoms with Crippen molar-refractivity contribution in [2.75, 3.05) is 0 Å². The van der Waals surface area contributed by atoms with Crippen LogP contribution in [0.5, 0.6) is 0 Å². The summed E-state index contributed by atoms with van der Waals surface area (Å²) in [4.78, 5) is 26.6. The Hall–Kier alpha value is -1.92. The minimum absolute atomic E-state index is 0.0264. The molecule has 0 radical (unpaired) electrons. The first kappa shape index (κ1) is 15.5. The molecule has 116 valence electrons. The van der Waals surface area contributed by atoms with Crippen molar-refractivity contribution in [3.63, 3.8) is 0 Å². The van der Waals surface area contributed by atoms with Crippen LogP contribution in [0.1, 0.15) is 39.3 Å². The summed E-state index contributed by atoms with van der Waals surface area (Å²) in [6.07, 6.45) is 3.20. The fourth-order valence-corrected chi connectivity index (χ4v) is 2.64. The zero-order valence-corrected chi connectivity index (χ0v) is 13.0. The number of piperazine rings is 1. The Bertz CT molecular complexity index is 527. The molecule has 1 aromatic rings. The molecule has 0 aromatic carbocycles. The van der Waals surface area contributed by atoms with Gasteiger partial charge in [-0.3, -0.25) is 14.3 Å². The summed E-state index contributed by atoms with van der Waals surface area (Å²) in [5.74, 6) is 0.0105. The van der Waals surface area contributed by atoms with E-state index < -0.39 is 12.1 Å². The van der Waals surface area contributed by atoms with Gasteiger partial charge in [0, 0.05) is 13.2 Å². The van der Waals surface area contributed by atoms with Crippen molar-refractivity contribution in [1.82, 2.24) is 25.2 Å². The molecule has 3 atom stereocenters. The van der Waals surface area contributed by atoms with Crippen molar-refractivity contribution in [3.8, 4) is 0 Å². The molecule has 2 rings (SSSR count). The Labute approximate surface area is 124 Å².